The standard InChI is InChI=1S/C22H23ClFN3O3/c1-30-20-7-2-16(23)13-19(20)27-14-15(12-21(27)28)22(29)26-10-8-25(9-11-26)18-5-3-17(24)4-6-18/h2-7,13,15H,8-12,14H2,1H3. The minimum atomic E-state index is -0.390. The normalized spacial score (nSPS) is 19.4. The third kappa shape index (κ3) is 4.07. The fourth-order valence-corrected chi connectivity index (χ4v) is 4.24. The molecule has 0 aliphatic carbocycles. The van der Waals surface area contributed by atoms with E-state index >= 15 is 0 Å². The molecule has 2 fully saturated rings. The number of halogens is 2. The molecule has 0 saturated carbocycles. The van der Waals surface area contributed by atoms with E-state index in [1.54, 1.807) is 35.2 Å². The van der Waals surface area contributed by atoms with E-state index in [1.807, 2.05) is 4.90 Å². The number of hydrogen-bond donors (Lipinski definition) is 0. The van der Waals surface area contributed by atoms with Gasteiger partial charge in [0.05, 0.1) is 18.7 Å². The quantitative estimate of drug-likeness (QED) is 0.746. The maximum Gasteiger partial charge on any atom is 0.228 e. The van der Waals surface area contributed by atoms with Crippen LogP contribution in [-0.2, 0) is 9.59 Å². The lowest BCUT2D eigenvalue weighted by Crippen LogP contribution is -2.50. The molecule has 2 aromatic rings. The maximum atomic E-state index is 13.1. The number of hydrogen-bond acceptors (Lipinski definition) is 4. The minimum Gasteiger partial charge on any atom is -0.495 e. The van der Waals surface area contributed by atoms with Gasteiger partial charge in [0.25, 0.3) is 0 Å². The van der Waals surface area contributed by atoms with Gasteiger partial charge >= 0.3 is 0 Å². The molecule has 1 unspecified atom stereocenters. The largest absolute Gasteiger partial charge is 0.495 e. The number of amides is 2. The van der Waals surface area contributed by atoms with Gasteiger partial charge in [0.1, 0.15) is 11.6 Å². The molecular weight excluding hydrogens is 409 g/mol. The summed E-state index contributed by atoms with van der Waals surface area (Å²) in [5.74, 6) is -0.226. The number of rotatable bonds is 4. The van der Waals surface area contributed by atoms with Gasteiger partial charge in [0.15, 0.2) is 0 Å². The van der Waals surface area contributed by atoms with Gasteiger partial charge in [-0.25, -0.2) is 4.39 Å². The van der Waals surface area contributed by atoms with E-state index in [1.165, 1.54) is 19.2 Å². The fourth-order valence-electron chi connectivity index (χ4n) is 4.08. The van der Waals surface area contributed by atoms with Gasteiger partial charge in [-0.15, -0.1) is 0 Å². The average Bonchev–Trinajstić information content (AvgIpc) is 3.15. The monoisotopic (exact) mass is 431 g/mol. The van der Waals surface area contributed by atoms with Crippen LogP contribution >= 0.6 is 11.6 Å². The van der Waals surface area contributed by atoms with Gasteiger partial charge in [-0.1, -0.05) is 11.6 Å². The van der Waals surface area contributed by atoms with Gasteiger partial charge in [0, 0.05) is 49.9 Å². The van der Waals surface area contributed by atoms with Crippen LogP contribution in [0, 0.1) is 11.7 Å². The van der Waals surface area contributed by atoms with Gasteiger partial charge in [-0.05, 0) is 42.5 Å². The van der Waals surface area contributed by atoms with Crippen molar-refractivity contribution < 1.29 is 18.7 Å². The van der Waals surface area contributed by atoms with E-state index < -0.39 is 5.92 Å². The van der Waals surface area contributed by atoms with Crippen molar-refractivity contribution in [2.45, 2.75) is 6.42 Å². The molecule has 0 N–H and O–H groups in total. The van der Waals surface area contributed by atoms with E-state index in [-0.39, 0.29) is 24.1 Å². The number of benzene rings is 2. The summed E-state index contributed by atoms with van der Waals surface area (Å²) >= 11 is 6.10. The number of anilines is 2. The van der Waals surface area contributed by atoms with Crippen LogP contribution in [0.15, 0.2) is 42.5 Å². The Morgan fingerprint density at radius 3 is 2.47 bits per heavy atom. The van der Waals surface area contributed by atoms with E-state index in [4.69, 9.17) is 16.3 Å². The van der Waals surface area contributed by atoms with Crippen LogP contribution in [0.3, 0.4) is 0 Å². The molecule has 2 amide bonds. The van der Waals surface area contributed by atoms with Crippen molar-refractivity contribution in [3.05, 3.63) is 53.3 Å². The SMILES string of the molecule is COc1ccc(Cl)cc1N1CC(C(=O)N2CCN(c3ccc(F)cc3)CC2)CC1=O. The molecule has 0 aromatic heterocycles. The molecule has 8 heteroatoms. The lowest BCUT2D eigenvalue weighted by Gasteiger charge is -2.37. The number of methoxy groups -OCH3 is 1. The van der Waals surface area contributed by atoms with Gasteiger partial charge in [-0.2, -0.15) is 0 Å². The van der Waals surface area contributed by atoms with Crippen molar-refractivity contribution in [1.82, 2.24) is 4.90 Å². The summed E-state index contributed by atoms with van der Waals surface area (Å²) in [5, 5.41) is 0.505. The third-order valence-corrected chi connectivity index (χ3v) is 5.92. The Morgan fingerprint density at radius 2 is 1.80 bits per heavy atom. The summed E-state index contributed by atoms with van der Waals surface area (Å²) < 4.78 is 18.5. The smallest absolute Gasteiger partial charge is 0.228 e. The molecule has 0 bridgehead atoms. The van der Waals surface area contributed by atoms with Gasteiger partial charge in [0.2, 0.25) is 11.8 Å². The Labute approximate surface area is 179 Å². The highest BCUT2D eigenvalue weighted by Crippen LogP contribution is 2.35. The molecule has 30 heavy (non-hydrogen) atoms. The zero-order chi connectivity index (χ0) is 21.3. The summed E-state index contributed by atoms with van der Waals surface area (Å²) in [7, 11) is 1.54. The van der Waals surface area contributed by atoms with Crippen molar-refractivity contribution in [1.29, 1.82) is 0 Å². The van der Waals surface area contributed by atoms with E-state index in [2.05, 4.69) is 4.90 Å². The predicted octanol–water partition coefficient (Wildman–Crippen LogP) is 3.19. The highest BCUT2D eigenvalue weighted by Gasteiger charge is 2.38. The fraction of sp³-hybridized carbons (Fsp3) is 0.364. The molecule has 0 radical (unpaired) electrons. The topological polar surface area (TPSA) is 53.1 Å². The van der Waals surface area contributed by atoms with Gasteiger partial charge < -0.3 is 19.4 Å². The maximum absolute atomic E-state index is 13.1. The first-order valence-corrected chi connectivity index (χ1v) is 10.3. The average molecular weight is 432 g/mol. The second-order valence-corrected chi connectivity index (χ2v) is 7.95. The van der Waals surface area contributed by atoms with E-state index in [0.717, 1.165) is 5.69 Å². The van der Waals surface area contributed by atoms with Crippen molar-refractivity contribution in [3.8, 4) is 5.75 Å². The Morgan fingerprint density at radius 1 is 1.10 bits per heavy atom. The second-order valence-electron chi connectivity index (χ2n) is 7.51. The van der Waals surface area contributed by atoms with Crippen LogP contribution in [0.4, 0.5) is 15.8 Å². The molecule has 2 aliphatic rings. The lowest BCUT2D eigenvalue weighted by atomic mass is 10.1. The van der Waals surface area contributed by atoms with Crippen LogP contribution in [0.5, 0.6) is 5.75 Å². The van der Waals surface area contributed by atoms with Gasteiger partial charge in [-0.3, -0.25) is 9.59 Å². The summed E-state index contributed by atoms with van der Waals surface area (Å²) in [4.78, 5) is 31.2. The number of piperazine rings is 1. The van der Waals surface area contributed by atoms with Crippen molar-refractivity contribution in [3.63, 3.8) is 0 Å². The Kier molecular flexibility index (Phi) is 5.81. The summed E-state index contributed by atoms with van der Waals surface area (Å²) in [6.45, 7) is 2.79. The van der Waals surface area contributed by atoms with Crippen LogP contribution in [0.2, 0.25) is 5.02 Å². The molecular formula is C22H23ClFN3O3. The molecule has 2 aliphatic heterocycles. The molecule has 6 nitrogen and oxygen atoms in total. The predicted molar refractivity (Wildman–Crippen MR) is 114 cm³/mol. The molecule has 4 rings (SSSR count). The molecule has 2 saturated heterocycles. The first kappa shape index (κ1) is 20.5. The number of nitrogens with zero attached hydrogens (tertiary/aromatic N) is 3. The first-order chi connectivity index (χ1) is 14.5. The zero-order valence-electron chi connectivity index (χ0n) is 16.7. The number of carbonyl (C=O) groups excluding carboxylic acids is 2. The van der Waals surface area contributed by atoms with Crippen molar-refractivity contribution >= 4 is 34.8 Å². The highest BCUT2D eigenvalue weighted by molar-refractivity contribution is 6.31. The van der Waals surface area contributed by atoms with E-state index in [0.29, 0.717) is 49.2 Å². The number of carbonyl (C=O) groups is 2. The Hall–Kier alpha value is -2.80. The molecule has 2 aromatic carbocycles. The molecule has 158 valence electrons. The van der Waals surface area contributed by atoms with E-state index in [9.17, 15) is 14.0 Å². The highest BCUT2D eigenvalue weighted by atomic mass is 35.5. The zero-order valence-corrected chi connectivity index (χ0v) is 17.4. The van der Waals surface area contributed by atoms with Crippen molar-refractivity contribution in [2.75, 3.05) is 49.6 Å². The summed E-state index contributed by atoms with van der Waals surface area (Å²) in [5.41, 5.74) is 1.53. The molecule has 1 atom stereocenters. The van der Waals surface area contributed by atoms with Crippen LogP contribution in [0.1, 0.15) is 6.42 Å². The van der Waals surface area contributed by atoms with Crippen molar-refractivity contribution in [2.24, 2.45) is 5.92 Å². The Balaban J connectivity index is 1.40. The third-order valence-electron chi connectivity index (χ3n) is 5.69. The van der Waals surface area contributed by atoms with Crippen LogP contribution in [-0.4, -0.2) is 56.5 Å². The first-order valence-electron chi connectivity index (χ1n) is 9.89. The minimum absolute atomic E-state index is 0.00870. The lowest BCUT2D eigenvalue weighted by molar-refractivity contribution is -0.136. The van der Waals surface area contributed by atoms with Crippen LogP contribution < -0.4 is 14.5 Å². The molecule has 0 spiro atoms. The molecule has 2 heterocycles. The summed E-state index contributed by atoms with van der Waals surface area (Å²) in [6, 6.07) is 11.5. The number of ether oxygens (including phenoxy) is 1. The second kappa shape index (κ2) is 8.52. The van der Waals surface area contributed by atoms with Crippen LogP contribution in [0.25, 0.3) is 0 Å². The Bertz CT molecular complexity index is 945. The summed E-state index contributed by atoms with van der Waals surface area (Å²) in [6.07, 6.45) is 0.173.